The highest BCUT2D eigenvalue weighted by Crippen LogP contribution is 2.31. The van der Waals surface area contributed by atoms with Crippen molar-refractivity contribution in [2.75, 3.05) is 10.6 Å². The van der Waals surface area contributed by atoms with Crippen molar-refractivity contribution in [1.82, 2.24) is 4.98 Å². The summed E-state index contributed by atoms with van der Waals surface area (Å²) in [6.07, 6.45) is 5.66. The highest BCUT2D eigenvalue weighted by Gasteiger charge is 2.26. The summed E-state index contributed by atoms with van der Waals surface area (Å²) in [5, 5.41) is 7.71. The fraction of sp³-hybridized carbons (Fsp3) is 0.312. The molecule has 0 unspecified atom stereocenters. The zero-order chi connectivity index (χ0) is 16.2. The first-order chi connectivity index (χ1) is 11.1. The molecule has 1 heterocycles. The van der Waals surface area contributed by atoms with Crippen LogP contribution < -0.4 is 10.6 Å². The van der Waals surface area contributed by atoms with E-state index in [4.69, 9.17) is 0 Å². The Morgan fingerprint density at radius 2 is 2.00 bits per heavy atom. The van der Waals surface area contributed by atoms with Gasteiger partial charge >= 0.3 is 6.03 Å². The first kappa shape index (κ1) is 16.1. The van der Waals surface area contributed by atoms with Gasteiger partial charge in [0.25, 0.3) is 0 Å². The number of nitrogens with zero attached hydrogens (tertiary/aromatic N) is 1. The number of urea groups is 1. The highest BCUT2D eigenvalue weighted by atomic mass is 79.9. The fourth-order valence-electron chi connectivity index (χ4n) is 2.77. The Kier molecular flexibility index (Phi) is 5.07. The molecule has 0 saturated heterocycles. The van der Waals surface area contributed by atoms with Crippen LogP contribution in [0.1, 0.15) is 36.0 Å². The van der Waals surface area contributed by atoms with Crippen molar-refractivity contribution >= 4 is 49.9 Å². The summed E-state index contributed by atoms with van der Waals surface area (Å²) < 4.78 is 0.824. The molecule has 0 aliphatic heterocycles. The van der Waals surface area contributed by atoms with E-state index >= 15 is 0 Å². The summed E-state index contributed by atoms with van der Waals surface area (Å²) in [5.74, 6) is 0.167. The van der Waals surface area contributed by atoms with E-state index in [1.54, 1.807) is 23.7 Å². The third kappa shape index (κ3) is 3.97. The third-order valence-corrected chi connectivity index (χ3v) is 5.06. The highest BCUT2D eigenvalue weighted by molar-refractivity contribution is 9.10. The number of hydrogen-bond donors (Lipinski definition) is 2. The molecule has 0 atom stereocenters. The van der Waals surface area contributed by atoms with E-state index in [1.165, 1.54) is 11.3 Å². The average Bonchev–Trinajstić information content (AvgIpc) is 3.21. The van der Waals surface area contributed by atoms with E-state index in [0.29, 0.717) is 16.4 Å². The number of benzene rings is 1. The van der Waals surface area contributed by atoms with Gasteiger partial charge in [-0.3, -0.25) is 10.1 Å². The fourth-order valence-corrected chi connectivity index (χ4v) is 3.66. The summed E-state index contributed by atoms with van der Waals surface area (Å²) in [4.78, 5) is 28.8. The van der Waals surface area contributed by atoms with E-state index in [-0.39, 0.29) is 11.7 Å². The van der Waals surface area contributed by atoms with Crippen molar-refractivity contribution in [3.8, 4) is 0 Å². The van der Waals surface area contributed by atoms with Crippen LogP contribution in [0, 0.1) is 5.92 Å². The van der Waals surface area contributed by atoms with Crippen LogP contribution in [0.4, 0.5) is 15.6 Å². The second kappa shape index (κ2) is 7.23. The first-order valence-corrected chi connectivity index (χ1v) is 9.12. The summed E-state index contributed by atoms with van der Waals surface area (Å²) >= 11 is 4.74. The van der Waals surface area contributed by atoms with Crippen molar-refractivity contribution in [1.29, 1.82) is 0 Å². The average molecular weight is 394 g/mol. The molecule has 7 heteroatoms. The lowest BCUT2D eigenvalue weighted by Crippen LogP contribution is -2.22. The molecule has 1 aromatic heterocycles. The summed E-state index contributed by atoms with van der Waals surface area (Å²) in [7, 11) is 0. The molecule has 1 aliphatic rings. The Balaban J connectivity index is 1.78. The molecular formula is C16H16BrN3O2S. The maximum Gasteiger partial charge on any atom is 0.325 e. The van der Waals surface area contributed by atoms with Gasteiger partial charge in [-0.15, -0.1) is 11.3 Å². The van der Waals surface area contributed by atoms with Crippen molar-refractivity contribution in [2.45, 2.75) is 25.7 Å². The minimum Gasteiger partial charge on any atom is -0.307 e. The zero-order valence-corrected chi connectivity index (χ0v) is 14.7. The second-order valence-electron chi connectivity index (χ2n) is 5.45. The molecule has 1 fully saturated rings. The van der Waals surface area contributed by atoms with Crippen LogP contribution in [0.5, 0.6) is 0 Å². The summed E-state index contributed by atoms with van der Waals surface area (Å²) in [6.45, 7) is 0. The van der Waals surface area contributed by atoms with E-state index in [9.17, 15) is 9.59 Å². The lowest BCUT2D eigenvalue weighted by Gasteiger charge is -2.14. The van der Waals surface area contributed by atoms with Crippen LogP contribution >= 0.6 is 27.3 Å². The Labute approximate surface area is 146 Å². The van der Waals surface area contributed by atoms with Crippen LogP contribution in [0.2, 0.25) is 0 Å². The van der Waals surface area contributed by atoms with Gasteiger partial charge in [0, 0.05) is 27.5 Å². The molecule has 23 heavy (non-hydrogen) atoms. The number of ketones is 1. The standard InChI is InChI=1S/C16H16BrN3O2S/c17-11-5-6-13(19-15(22)20-16-18-7-8-23-16)12(9-11)14(21)10-3-1-2-4-10/h5-10H,1-4H2,(H2,18,19,20,22). The molecule has 2 amide bonds. The van der Waals surface area contributed by atoms with Gasteiger partial charge < -0.3 is 5.32 Å². The number of thiazole rings is 1. The Hall–Kier alpha value is -1.73. The number of carbonyl (C=O) groups is 2. The number of hydrogen-bond acceptors (Lipinski definition) is 4. The predicted molar refractivity (Wildman–Crippen MR) is 95.2 cm³/mol. The number of carbonyl (C=O) groups excluding carboxylic acids is 2. The molecule has 2 N–H and O–H groups in total. The van der Waals surface area contributed by atoms with Gasteiger partial charge in [-0.1, -0.05) is 28.8 Å². The predicted octanol–water partition coefficient (Wildman–Crippen LogP) is 4.92. The summed E-state index contributed by atoms with van der Waals surface area (Å²) in [5.41, 5.74) is 1.08. The molecular weight excluding hydrogens is 378 g/mol. The number of aromatic nitrogens is 1. The molecule has 5 nitrogen and oxygen atoms in total. The Morgan fingerprint density at radius 3 is 2.70 bits per heavy atom. The maximum atomic E-state index is 12.7. The SMILES string of the molecule is O=C(Nc1nccs1)Nc1ccc(Br)cc1C(=O)C1CCCC1. The van der Waals surface area contributed by atoms with Crippen LogP contribution in [-0.4, -0.2) is 16.8 Å². The van der Waals surface area contributed by atoms with Gasteiger partial charge in [-0.2, -0.15) is 0 Å². The van der Waals surface area contributed by atoms with Crippen molar-refractivity contribution in [3.63, 3.8) is 0 Å². The number of nitrogens with one attached hydrogen (secondary N) is 2. The largest absolute Gasteiger partial charge is 0.325 e. The van der Waals surface area contributed by atoms with Crippen LogP contribution in [0.3, 0.4) is 0 Å². The summed E-state index contributed by atoms with van der Waals surface area (Å²) in [6, 6.07) is 4.93. The molecule has 1 aromatic carbocycles. The van der Waals surface area contributed by atoms with Crippen molar-refractivity contribution in [2.24, 2.45) is 5.92 Å². The number of rotatable bonds is 4. The quantitative estimate of drug-likeness (QED) is 0.723. The van der Waals surface area contributed by atoms with Crippen molar-refractivity contribution in [3.05, 3.63) is 39.8 Å². The monoisotopic (exact) mass is 393 g/mol. The molecule has 0 bridgehead atoms. The number of Topliss-reactive ketones (excluding diaryl/α,β-unsaturated/α-hetero) is 1. The number of amides is 2. The Morgan fingerprint density at radius 1 is 1.22 bits per heavy atom. The molecule has 2 aromatic rings. The van der Waals surface area contributed by atoms with Gasteiger partial charge in [0.1, 0.15) is 0 Å². The molecule has 1 aliphatic carbocycles. The van der Waals surface area contributed by atoms with Gasteiger partial charge in [0.05, 0.1) is 5.69 Å². The van der Waals surface area contributed by atoms with E-state index < -0.39 is 6.03 Å². The van der Waals surface area contributed by atoms with E-state index in [2.05, 4.69) is 31.5 Å². The van der Waals surface area contributed by atoms with Crippen molar-refractivity contribution < 1.29 is 9.59 Å². The van der Waals surface area contributed by atoms with E-state index in [1.807, 2.05) is 6.07 Å². The van der Waals surface area contributed by atoms with Gasteiger partial charge in [0.15, 0.2) is 10.9 Å². The minimum absolute atomic E-state index is 0.0619. The van der Waals surface area contributed by atoms with Crippen LogP contribution in [0.25, 0.3) is 0 Å². The topological polar surface area (TPSA) is 71.1 Å². The number of anilines is 2. The maximum absolute atomic E-state index is 12.7. The third-order valence-electron chi connectivity index (χ3n) is 3.87. The van der Waals surface area contributed by atoms with Gasteiger partial charge in [0.2, 0.25) is 0 Å². The van der Waals surface area contributed by atoms with E-state index in [0.717, 1.165) is 30.2 Å². The first-order valence-electron chi connectivity index (χ1n) is 7.45. The smallest absolute Gasteiger partial charge is 0.307 e. The Bertz CT molecular complexity index is 712. The van der Waals surface area contributed by atoms with Crippen LogP contribution in [-0.2, 0) is 0 Å². The van der Waals surface area contributed by atoms with Gasteiger partial charge in [-0.25, -0.2) is 9.78 Å². The zero-order valence-electron chi connectivity index (χ0n) is 12.3. The molecule has 1 saturated carbocycles. The number of halogens is 1. The molecule has 0 radical (unpaired) electrons. The lowest BCUT2D eigenvalue weighted by molar-refractivity contribution is 0.0923. The molecule has 120 valence electrons. The molecule has 0 spiro atoms. The minimum atomic E-state index is -0.400. The lowest BCUT2D eigenvalue weighted by atomic mass is 9.95. The molecule has 3 rings (SSSR count). The normalized spacial score (nSPS) is 14.7. The second-order valence-corrected chi connectivity index (χ2v) is 7.26. The van der Waals surface area contributed by atoms with Gasteiger partial charge in [-0.05, 0) is 31.0 Å². The van der Waals surface area contributed by atoms with Crippen LogP contribution in [0.15, 0.2) is 34.2 Å².